The van der Waals surface area contributed by atoms with Gasteiger partial charge in [0, 0.05) is 17.3 Å². The third-order valence-corrected chi connectivity index (χ3v) is 2.99. The first-order chi connectivity index (χ1) is 8.97. The zero-order valence-corrected chi connectivity index (χ0v) is 13.8. The lowest BCUT2D eigenvalue weighted by Crippen LogP contribution is -3.00. The van der Waals surface area contributed by atoms with Gasteiger partial charge in [0.05, 0.1) is 12.7 Å². The molecule has 0 unspecified atom stereocenters. The van der Waals surface area contributed by atoms with Crippen LogP contribution in [0.4, 0.5) is 17.5 Å². The van der Waals surface area contributed by atoms with Crippen molar-refractivity contribution < 1.29 is 33.3 Å². The summed E-state index contributed by atoms with van der Waals surface area (Å²) in [6, 6.07) is 9.19. The van der Waals surface area contributed by atoms with Gasteiger partial charge in [0.2, 0.25) is 5.82 Å². The van der Waals surface area contributed by atoms with Gasteiger partial charge in [0.25, 0.3) is 0 Å². The average molecular weight is 384 g/mol. The number of nitrogens with zero attached hydrogens (tertiary/aromatic N) is 2. The summed E-state index contributed by atoms with van der Waals surface area (Å²) in [6.45, 7) is 3.50. The number of nitrogens with one attached hydrogen (secondary N) is 1. The summed E-state index contributed by atoms with van der Waals surface area (Å²) in [5.41, 5.74) is 8.28. The van der Waals surface area contributed by atoms with Crippen molar-refractivity contribution in [3.63, 3.8) is 0 Å². The van der Waals surface area contributed by atoms with Crippen molar-refractivity contribution in [2.75, 3.05) is 11.1 Å². The van der Waals surface area contributed by atoms with Crippen molar-refractivity contribution in [3.05, 3.63) is 41.6 Å². The Labute approximate surface area is 135 Å². The lowest BCUT2D eigenvalue weighted by Gasteiger charge is -2.06. The molecule has 20 heavy (non-hydrogen) atoms. The molecule has 2 rings (SSSR count). The highest BCUT2D eigenvalue weighted by molar-refractivity contribution is 5.95. The normalized spacial score (nSPS) is 9.75. The number of carbonyl (C=O) groups excluding carboxylic acids is 1. The van der Waals surface area contributed by atoms with Crippen molar-refractivity contribution >= 4 is 23.2 Å². The minimum atomic E-state index is 0. The number of carbonyl (C=O) groups is 1. The third kappa shape index (κ3) is 3.66. The molecule has 0 bridgehead atoms. The van der Waals surface area contributed by atoms with Crippen LogP contribution in [-0.4, -0.2) is 10.8 Å². The maximum atomic E-state index is 11.3. The number of aryl methyl sites for hydroxylation is 1. The Morgan fingerprint density at radius 1 is 1.35 bits per heavy atom. The van der Waals surface area contributed by atoms with Crippen molar-refractivity contribution in [3.8, 4) is 0 Å². The monoisotopic (exact) mass is 384 g/mol. The zero-order valence-electron chi connectivity index (χ0n) is 11.6. The molecule has 1 aromatic heterocycles. The van der Waals surface area contributed by atoms with E-state index in [1.165, 1.54) is 0 Å². The molecule has 0 aliphatic carbocycles. The maximum absolute atomic E-state index is 11.3. The van der Waals surface area contributed by atoms with E-state index in [2.05, 4.69) is 10.3 Å². The van der Waals surface area contributed by atoms with Crippen molar-refractivity contribution in [1.82, 2.24) is 4.98 Å². The van der Waals surface area contributed by atoms with Gasteiger partial charge in [-0.1, -0.05) is 17.1 Å². The second-order valence-corrected chi connectivity index (χ2v) is 4.46. The van der Waals surface area contributed by atoms with Gasteiger partial charge in [-0.05, 0) is 26.0 Å². The molecule has 3 N–H and O–H groups in total. The van der Waals surface area contributed by atoms with Gasteiger partial charge in [0.1, 0.15) is 0 Å². The van der Waals surface area contributed by atoms with Gasteiger partial charge >= 0.3 is 5.95 Å². The van der Waals surface area contributed by atoms with Crippen LogP contribution in [0.1, 0.15) is 23.0 Å². The van der Waals surface area contributed by atoms with Gasteiger partial charge in [-0.2, -0.15) is 0 Å². The molecule has 0 saturated carbocycles. The number of halogens is 1. The van der Waals surface area contributed by atoms with Crippen LogP contribution in [0.2, 0.25) is 0 Å². The number of benzene rings is 1. The molecule has 0 radical (unpaired) electrons. The Morgan fingerprint density at radius 3 is 2.65 bits per heavy atom. The standard InChI is InChI=1S/C14H16N4O.HI/c1-9-7-13(17-14(15)18(9)3)16-12-6-4-5-11(8-12)10(2)19;/h4-8H,1-3H3,(H2,15,16,17);1H. The van der Waals surface area contributed by atoms with Crippen LogP contribution in [0.3, 0.4) is 0 Å². The smallest absolute Gasteiger partial charge is 0.391 e. The number of anilines is 3. The molecule has 6 heteroatoms. The molecule has 5 nitrogen and oxygen atoms in total. The van der Waals surface area contributed by atoms with Crippen molar-refractivity contribution in [2.24, 2.45) is 7.05 Å². The van der Waals surface area contributed by atoms with Crippen LogP contribution < -0.4 is 39.6 Å². The fourth-order valence-corrected chi connectivity index (χ4v) is 1.73. The largest absolute Gasteiger partial charge is 1.00 e. The maximum Gasteiger partial charge on any atom is 0.391 e. The van der Waals surface area contributed by atoms with E-state index in [1.54, 1.807) is 23.6 Å². The highest BCUT2D eigenvalue weighted by atomic mass is 127. The highest BCUT2D eigenvalue weighted by Crippen LogP contribution is 2.17. The quantitative estimate of drug-likeness (QED) is 0.394. The summed E-state index contributed by atoms with van der Waals surface area (Å²) in [7, 11) is 1.86. The molecule has 2 aromatic rings. The fourth-order valence-electron chi connectivity index (χ4n) is 1.73. The number of rotatable bonds is 3. The molecule has 1 heterocycles. The summed E-state index contributed by atoms with van der Waals surface area (Å²) < 4.78 is 1.80. The molecule has 0 fully saturated rings. The first-order valence-corrected chi connectivity index (χ1v) is 5.98. The summed E-state index contributed by atoms with van der Waals surface area (Å²) in [6.07, 6.45) is 0. The minimum Gasteiger partial charge on any atom is -1.00 e. The predicted octanol–water partition coefficient (Wildman–Crippen LogP) is -1.25. The zero-order chi connectivity index (χ0) is 14.0. The Kier molecular flexibility index (Phi) is 5.43. The Balaban J connectivity index is 0.00000200. The Hall–Kier alpha value is -1.70. The summed E-state index contributed by atoms with van der Waals surface area (Å²) in [5.74, 6) is 1.13. The van der Waals surface area contributed by atoms with E-state index in [1.807, 2.05) is 32.2 Å². The van der Waals surface area contributed by atoms with E-state index < -0.39 is 0 Å². The molecule has 0 aliphatic heterocycles. The molecule has 0 saturated heterocycles. The van der Waals surface area contributed by atoms with Crippen molar-refractivity contribution in [1.29, 1.82) is 0 Å². The number of hydrogen-bond acceptors (Lipinski definition) is 4. The van der Waals surface area contributed by atoms with Crippen LogP contribution in [-0.2, 0) is 7.05 Å². The van der Waals surface area contributed by atoms with E-state index >= 15 is 0 Å². The second-order valence-electron chi connectivity index (χ2n) is 4.46. The second kappa shape index (κ2) is 6.65. The van der Waals surface area contributed by atoms with Gasteiger partial charge in [-0.3, -0.25) is 10.5 Å². The number of ketones is 1. The van der Waals surface area contributed by atoms with E-state index in [0.717, 1.165) is 11.4 Å². The molecule has 0 amide bonds. The predicted molar refractivity (Wildman–Crippen MR) is 74.3 cm³/mol. The molecule has 1 aromatic carbocycles. The van der Waals surface area contributed by atoms with Crippen LogP contribution >= 0.6 is 0 Å². The highest BCUT2D eigenvalue weighted by Gasteiger charge is 2.10. The Morgan fingerprint density at radius 2 is 2.05 bits per heavy atom. The van der Waals surface area contributed by atoms with Crippen LogP contribution in [0, 0.1) is 6.92 Å². The van der Waals surface area contributed by atoms with Gasteiger partial charge < -0.3 is 29.3 Å². The Bertz CT molecular complexity index is 620. The van der Waals surface area contributed by atoms with E-state index in [-0.39, 0.29) is 29.8 Å². The van der Waals surface area contributed by atoms with E-state index in [4.69, 9.17) is 5.73 Å². The van der Waals surface area contributed by atoms with E-state index in [9.17, 15) is 4.79 Å². The molecular weight excluding hydrogens is 367 g/mol. The van der Waals surface area contributed by atoms with E-state index in [0.29, 0.717) is 17.3 Å². The first-order valence-electron chi connectivity index (χ1n) is 5.98. The first kappa shape index (κ1) is 16.4. The van der Waals surface area contributed by atoms with Gasteiger partial charge in [0.15, 0.2) is 5.78 Å². The minimum absolute atomic E-state index is 0. The van der Waals surface area contributed by atoms with Gasteiger partial charge in [-0.15, -0.1) is 0 Å². The average Bonchev–Trinajstić information content (AvgIpc) is 2.36. The number of hydrogen-bond donors (Lipinski definition) is 2. The lowest BCUT2D eigenvalue weighted by molar-refractivity contribution is -0.665. The van der Waals surface area contributed by atoms with Crippen molar-refractivity contribution in [2.45, 2.75) is 13.8 Å². The number of nitrogens with two attached hydrogens (primary N) is 1. The van der Waals surface area contributed by atoms with Crippen LogP contribution in [0.25, 0.3) is 0 Å². The topological polar surface area (TPSA) is 71.9 Å². The molecule has 0 atom stereocenters. The van der Waals surface area contributed by atoms with Crippen LogP contribution in [0.5, 0.6) is 0 Å². The fraction of sp³-hybridized carbons (Fsp3) is 0.214. The van der Waals surface area contributed by atoms with Gasteiger partial charge in [-0.25, -0.2) is 4.57 Å². The summed E-state index contributed by atoms with van der Waals surface area (Å²) in [4.78, 5) is 15.6. The summed E-state index contributed by atoms with van der Waals surface area (Å²) >= 11 is 0. The number of aromatic nitrogens is 2. The molecule has 106 valence electrons. The SMILES string of the molecule is CC(=O)c1cccc(Nc2cc(C)[n+](C)c(N)n2)c1.[I-]. The molecular formula is C14H17IN4O. The molecule has 0 spiro atoms. The summed E-state index contributed by atoms with van der Waals surface area (Å²) in [5, 5.41) is 3.15. The molecule has 0 aliphatic rings. The lowest BCUT2D eigenvalue weighted by atomic mass is 10.1. The number of Topliss-reactive ketones (excluding diaryl/α,β-unsaturated/α-hetero) is 1. The third-order valence-electron chi connectivity index (χ3n) is 2.99. The number of nitrogen functional groups attached to an aromatic ring is 1. The van der Waals surface area contributed by atoms with Crippen LogP contribution in [0.15, 0.2) is 30.3 Å².